The minimum Gasteiger partial charge on any atom is -0.393 e. The number of hydrogen-bond donors (Lipinski definition) is 2. The van der Waals surface area contributed by atoms with Crippen LogP contribution in [0.3, 0.4) is 0 Å². The Kier molecular flexibility index (Phi) is 5.42. The molecule has 1 saturated heterocycles. The van der Waals surface area contributed by atoms with Crippen LogP contribution in [-0.2, 0) is 9.53 Å². The highest BCUT2D eigenvalue weighted by Crippen LogP contribution is 2.75. The van der Waals surface area contributed by atoms with Crippen molar-refractivity contribution in [1.82, 2.24) is 0 Å². The molecule has 1 aliphatic heterocycles. The topological polar surface area (TPSA) is 66.8 Å². The third-order valence-corrected chi connectivity index (χ3v) is 13.0. The maximum absolute atomic E-state index is 12.9. The Balaban J connectivity index is 1.49. The van der Waals surface area contributed by atoms with E-state index >= 15 is 0 Å². The molecular weight excluding hydrogens is 424 g/mol. The van der Waals surface area contributed by atoms with E-state index in [-0.39, 0.29) is 45.4 Å². The summed E-state index contributed by atoms with van der Waals surface area (Å²) in [6.07, 6.45) is 8.43. The van der Waals surface area contributed by atoms with Crippen LogP contribution < -0.4 is 0 Å². The first kappa shape index (κ1) is 25.2. The summed E-state index contributed by atoms with van der Waals surface area (Å²) in [5.74, 6) is 1.85. The summed E-state index contributed by atoms with van der Waals surface area (Å²) in [7, 11) is 0. The molecule has 1 heterocycles. The van der Waals surface area contributed by atoms with Gasteiger partial charge in [0.2, 0.25) is 0 Å². The second-order valence-electron chi connectivity index (χ2n) is 15.2. The molecule has 4 aliphatic carbocycles. The number of carbonyl (C=O) groups excluding carboxylic acids is 1. The van der Waals surface area contributed by atoms with E-state index in [9.17, 15) is 15.0 Å². The van der Waals surface area contributed by atoms with Crippen LogP contribution >= 0.6 is 0 Å². The van der Waals surface area contributed by atoms with Gasteiger partial charge in [-0.1, -0.05) is 34.6 Å². The van der Waals surface area contributed by atoms with E-state index in [4.69, 9.17) is 4.74 Å². The van der Waals surface area contributed by atoms with Crippen molar-refractivity contribution in [2.45, 2.75) is 137 Å². The van der Waals surface area contributed by atoms with Crippen LogP contribution in [0.25, 0.3) is 0 Å². The molecule has 4 nitrogen and oxygen atoms in total. The Morgan fingerprint density at radius 1 is 0.882 bits per heavy atom. The molecular formula is C30H50O4. The summed E-state index contributed by atoms with van der Waals surface area (Å²) in [4.78, 5) is 12.9. The van der Waals surface area contributed by atoms with Crippen molar-refractivity contribution in [1.29, 1.82) is 0 Å². The van der Waals surface area contributed by atoms with E-state index in [1.807, 2.05) is 13.8 Å². The summed E-state index contributed by atoms with van der Waals surface area (Å²) in [6, 6.07) is 0. The van der Waals surface area contributed by atoms with Crippen molar-refractivity contribution in [2.24, 2.45) is 45.3 Å². The van der Waals surface area contributed by atoms with Gasteiger partial charge in [-0.3, -0.25) is 4.79 Å². The smallest absolute Gasteiger partial charge is 0.138 e. The Morgan fingerprint density at radius 3 is 2.15 bits per heavy atom. The molecule has 5 aliphatic rings. The fourth-order valence-corrected chi connectivity index (χ4v) is 10.9. The molecule has 4 heteroatoms. The van der Waals surface area contributed by atoms with E-state index < -0.39 is 5.60 Å². The SMILES string of the molecule is CC(C)(O)C1CC[C@@](C)(C2CC[C@]3(C)C2[C@H](O)CC2[C@@]4(C)CCC(=O)C(C)(C)C4CC[C@]23C)O1. The second-order valence-corrected chi connectivity index (χ2v) is 15.2. The maximum atomic E-state index is 12.9. The summed E-state index contributed by atoms with van der Waals surface area (Å²) < 4.78 is 6.65. The molecule has 0 bridgehead atoms. The maximum Gasteiger partial charge on any atom is 0.138 e. The zero-order valence-electron chi connectivity index (χ0n) is 23.0. The van der Waals surface area contributed by atoms with E-state index in [2.05, 4.69) is 41.5 Å². The van der Waals surface area contributed by atoms with Gasteiger partial charge in [-0.05, 0) is 112 Å². The normalized spacial score (nSPS) is 54.9. The molecule has 0 aromatic rings. The van der Waals surface area contributed by atoms with Gasteiger partial charge in [0.1, 0.15) is 5.78 Å². The molecule has 4 saturated carbocycles. The quantitative estimate of drug-likeness (QED) is 0.521. The first-order chi connectivity index (χ1) is 15.5. The monoisotopic (exact) mass is 474 g/mol. The summed E-state index contributed by atoms with van der Waals surface area (Å²) in [6.45, 7) is 17.8. The number of ketones is 1. The zero-order chi connectivity index (χ0) is 25.1. The fourth-order valence-electron chi connectivity index (χ4n) is 10.9. The van der Waals surface area contributed by atoms with Gasteiger partial charge < -0.3 is 14.9 Å². The zero-order valence-corrected chi connectivity index (χ0v) is 23.0. The lowest BCUT2D eigenvalue weighted by atomic mass is 9.35. The van der Waals surface area contributed by atoms with E-state index in [0.717, 1.165) is 51.4 Å². The highest BCUT2D eigenvalue weighted by Gasteiger charge is 2.71. The molecule has 10 atom stereocenters. The highest BCUT2D eigenvalue weighted by molar-refractivity contribution is 5.85. The lowest BCUT2D eigenvalue weighted by Gasteiger charge is -2.69. The Labute approximate surface area is 207 Å². The van der Waals surface area contributed by atoms with E-state index in [1.165, 1.54) is 0 Å². The van der Waals surface area contributed by atoms with Crippen LogP contribution in [0, 0.1) is 45.3 Å². The second kappa shape index (κ2) is 7.32. The molecule has 0 aromatic heterocycles. The van der Waals surface area contributed by atoms with Crippen molar-refractivity contribution in [3.63, 3.8) is 0 Å². The predicted molar refractivity (Wildman–Crippen MR) is 134 cm³/mol. The Morgan fingerprint density at radius 2 is 1.53 bits per heavy atom. The molecule has 34 heavy (non-hydrogen) atoms. The molecule has 0 amide bonds. The van der Waals surface area contributed by atoms with Gasteiger partial charge in [-0.2, -0.15) is 0 Å². The number of aliphatic hydroxyl groups is 2. The van der Waals surface area contributed by atoms with Crippen LogP contribution in [0.2, 0.25) is 0 Å². The van der Waals surface area contributed by atoms with Crippen LogP contribution in [0.1, 0.15) is 113 Å². The van der Waals surface area contributed by atoms with E-state index in [0.29, 0.717) is 30.0 Å². The molecule has 0 spiro atoms. The van der Waals surface area contributed by atoms with E-state index in [1.54, 1.807) is 0 Å². The molecule has 194 valence electrons. The minimum absolute atomic E-state index is 0.0682. The molecule has 5 unspecified atom stereocenters. The number of Topliss-reactive ketones (excluding diaryl/α,β-unsaturated/α-hetero) is 1. The summed E-state index contributed by atoms with van der Waals surface area (Å²) in [5, 5.41) is 22.5. The molecule has 0 aromatic carbocycles. The fraction of sp³-hybridized carbons (Fsp3) is 0.967. The average Bonchev–Trinajstić information content (AvgIpc) is 3.30. The molecule has 0 radical (unpaired) electrons. The van der Waals surface area contributed by atoms with Crippen LogP contribution in [0.4, 0.5) is 0 Å². The van der Waals surface area contributed by atoms with Crippen LogP contribution in [0.15, 0.2) is 0 Å². The lowest BCUT2D eigenvalue weighted by Crippen LogP contribution is -2.66. The summed E-state index contributed by atoms with van der Waals surface area (Å²) >= 11 is 0. The molecule has 5 rings (SSSR count). The summed E-state index contributed by atoms with van der Waals surface area (Å²) in [5.41, 5.74) is -1.03. The van der Waals surface area contributed by atoms with Gasteiger partial charge in [0.15, 0.2) is 0 Å². The number of aliphatic hydroxyl groups excluding tert-OH is 1. The van der Waals surface area contributed by atoms with Crippen molar-refractivity contribution in [3.8, 4) is 0 Å². The van der Waals surface area contributed by atoms with Crippen molar-refractivity contribution in [2.75, 3.05) is 0 Å². The minimum atomic E-state index is -0.833. The number of fused-ring (bicyclic) bond motifs is 5. The molecule has 2 N–H and O–H groups in total. The van der Waals surface area contributed by atoms with Gasteiger partial charge in [0, 0.05) is 11.8 Å². The van der Waals surface area contributed by atoms with Gasteiger partial charge in [-0.15, -0.1) is 0 Å². The van der Waals surface area contributed by atoms with Gasteiger partial charge >= 0.3 is 0 Å². The average molecular weight is 475 g/mol. The number of rotatable bonds is 2. The standard InChI is InChI=1S/C30H50O4/c1-25(2)20-10-15-28(6)21(27(20,5)13-11-22(25)32)17-19(31)24-18(9-14-29(24,28)7)30(8)16-12-23(34-30)26(3,4)33/h18-21,23-24,31,33H,9-17H2,1-8H3/t18?,19-,20?,21?,23?,24?,27+,28-,29-,30+/m1/s1. The van der Waals surface area contributed by atoms with Gasteiger partial charge in [0.05, 0.1) is 23.4 Å². The van der Waals surface area contributed by atoms with Crippen LogP contribution in [-0.4, -0.2) is 39.4 Å². The first-order valence-electron chi connectivity index (χ1n) is 14.1. The Hall–Kier alpha value is -0.450. The lowest BCUT2D eigenvalue weighted by molar-refractivity contribution is -0.235. The number of carbonyl (C=O) groups is 1. The number of ether oxygens (including phenoxy) is 1. The Bertz CT molecular complexity index is 858. The predicted octanol–water partition coefficient (Wildman–Crippen LogP) is 5.92. The highest BCUT2D eigenvalue weighted by atomic mass is 16.5. The van der Waals surface area contributed by atoms with Crippen molar-refractivity contribution >= 4 is 5.78 Å². The number of hydrogen-bond acceptors (Lipinski definition) is 4. The molecule has 5 fully saturated rings. The third kappa shape index (κ3) is 3.09. The van der Waals surface area contributed by atoms with Crippen molar-refractivity contribution < 1.29 is 19.7 Å². The van der Waals surface area contributed by atoms with Crippen molar-refractivity contribution in [3.05, 3.63) is 0 Å². The largest absolute Gasteiger partial charge is 0.393 e. The first-order valence-corrected chi connectivity index (χ1v) is 14.1. The third-order valence-electron chi connectivity index (χ3n) is 13.0. The van der Waals surface area contributed by atoms with Gasteiger partial charge in [0.25, 0.3) is 0 Å². The van der Waals surface area contributed by atoms with Crippen LogP contribution in [0.5, 0.6) is 0 Å². The van der Waals surface area contributed by atoms with Gasteiger partial charge in [-0.25, -0.2) is 0 Å².